The molecular weight excluding hydrogens is 198 g/mol. The Bertz CT molecular complexity index is 298. The highest BCUT2D eigenvalue weighted by atomic mass is 15.2. The van der Waals surface area contributed by atoms with Crippen LogP contribution in [-0.4, -0.2) is 5.54 Å². The number of hydrogen-bond acceptors (Lipinski definition) is 1. The zero-order chi connectivity index (χ0) is 12.4. The maximum atomic E-state index is 8.73. The Balaban J connectivity index is 3.06. The van der Waals surface area contributed by atoms with Gasteiger partial charge in [0.1, 0.15) is 0 Å². The molecule has 0 heterocycles. The fraction of sp³-hybridized carbons (Fsp3) is 1.00. The molecule has 1 unspecified atom stereocenters. The Morgan fingerprint density at radius 3 is 2.06 bits per heavy atom. The first-order valence-corrected chi connectivity index (χ1v) is 6.37. The predicted octanol–water partition coefficient (Wildman–Crippen LogP) is 5.07. The summed E-state index contributed by atoms with van der Waals surface area (Å²) in [6.45, 7) is 11.3. The standard InChI is InChI=1S/C13H25N3/c1-6-13(7-2)9-11(3,4)8-12(5,10-13)15-16-14/h6-10H2,1-5H3. The second-order valence-electron chi connectivity index (χ2n) is 6.59. The molecule has 0 aromatic carbocycles. The monoisotopic (exact) mass is 223 g/mol. The third-order valence-electron chi connectivity index (χ3n) is 4.25. The van der Waals surface area contributed by atoms with Crippen molar-refractivity contribution in [3.05, 3.63) is 10.4 Å². The minimum Gasteiger partial charge on any atom is -0.0875 e. The van der Waals surface area contributed by atoms with Crippen molar-refractivity contribution in [2.45, 2.75) is 72.3 Å². The Hall–Kier alpha value is -0.690. The quantitative estimate of drug-likeness (QED) is 0.364. The van der Waals surface area contributed by atoms with Crippen molar-refractivity contribution in [2.75, 3.05) is 0 Å². The SMILES string of the molecule is CCC1(CC)CC(C)(C)CC(C)(N=[N+]=[N-])C1. The van der Waals surface area contributed by atoms with Gasteiger partial charge in [0.15, 0.2) is 0 Å². The van der Waals surface area contributed by atoms with Gasteiger partial charge in [-0.15, -0.1) is 0 Å². The molecule has 1 fully saturated rings. The van der Waals surface area contributed by atoms with Crippen LogP contribution in [0.3, 0.4) is 0 Å². The van der Waals surface area contributed by atoms with E-state index >= 15 is 0 Å². The van der Waals surface area contributed by atoms with E-state index in [1.807, 2.05) is 0 Å². The lowest BCUT2D eigenvalue weighted by molar-refractivity contribution is 0.0254. The van der Waals surface area contributed by atoms with Gasteiger partial charge in [-0.1, -0.05) is 52.6 Å². The van der Waals surface area contributed by atoms with Gasteiger partial charge in [-0.2, -0.15) is 0 Å². The highest BCUT2D eigenvalue weighted by Gasteiger charge is 2.47. The molecule has 1 atom stereocenters. The van der Waals surface area contributed by atoms with Gasteiger partial charge in [-0.3, -0.25) is 0 Å². The van der Waals surface area contributed by atoms with Crippen molar-refractivity contribution in [1.29, 1.82) is 0 Å². The highest BCUT2D eigenvalue weighted by molar-refractivity contribution is 5.02. The molecule has 0 aliphatic heterocycles. The molecule has 1 aliphatic rings. The molecule has 0 spiro atoms. The summed E-state index contributed by atoms with van der Waals surface area (Å²) in [5.74, 6) is 0. The van der Waals surface area contributed by atoms with Crippen LogP contribution in [0.25, 0.3) is 10.4 Å². The maximum absolute atomic E-state index is 8.73. The fourth-order valence-electron chi connectivity index (χ4n) is 3.97. The first kappa shape index (κ1) is 13.4. The molecule has 92 valence electrons. The predicted molar refractivity (Wildman–Crippen MR) is 68.2 cm³/mol. The molecule has 0 saturated heterocycles. The molecule has 0 aromatic rings. The van der Waals surface area contributed by atoms with Gasteiger partial charge in [-0.25, -0.2) is 0 Å². The van der Waals surface area contributed by atoms with E-state index in [0.717, 1.165) is 12.8 Å². The van der Waals surface area contributed by atoms with E-state index in [1.54, 1.807) is 0 Å². The lowest BCUT2D eigenvalue weighted by Crippen LogP contribution is -2.44. The van der Waals surface area contributed by atoms with Crippen LogP contribution >= 0.6 is 0 Å². The van der Waals surface area contributed by atoms with Gasteiger partial charge in [0, 0.05) is 10.5 Å². The zero-order valence-corrected chi connectivity index (χ0v) is 11.4. The molecule has 0 amide bonds. The van der Waals surface area contributed by atoms with Crippen molar-refractivity contribution in [3.63, 3.8) is 0 Å². The van der Waals surface area contributed by atoms with E-state index in [0.29, 0.717) is 5.41 Å². The molecular formula is C13H25N3. The third-order valence-corrected chi connectivity index (χ3v) is 4.25. The summed E-state index contributed by atoms with van der Waals surface area (Å²) >= 11 is 0. The highest BCUT2D eigenvalue weighted by Crippen LogP contribution is 2.54. The zero-order valence-electron chi connectivity index (χ0n) is 11.4. The van der Waals surface area contributed by atoms with E-state index in [-0.39, 0.29) is 11.0 Å². The summed E-state index contributed by atoms with van der Waals surface area (Å²) in [6.07, 6.45) is 5.67. The lowest BCUT2D eigenvalue weighted by atomic mass is 9.56. The number of hydrogen-bond donors (Lipinski definition) is 0. The van der Waals surface area contributed by atoms with Crippen molar-refractivity contribution in [3.8, 4) is 0 Å². The van der Waals surface area contributed by atoms with E-state index in [1.165, 1.54) is 19.3 Å². The third kappa shape index (κ3) is 2.70. The van der Waals surface area contributed by atoms with Gasteiger partial charge < -0.3 is 0 Å². The van der Waals surface area contributed by atoms with Gasteiger partial charge in [0.25, 0.3) is 0 Å². The van der Waals surface area contributed by atoms with Crippen molar-refractivity contribution in [1.82, 2.24) is 0 Å². The first-order chi connectivity index (χ1) is 7.30. The topological polar surface area (TPSA) is 48.8 Å². The number of azide groups is 1. The maximum Gasteiger partial charge on any atom is 0.0470 e. The lowest BCUT2D eigenvalue weighted by Gasteiger charge is -2.51. The molecule has 1 saturated carbocycles. The van der Waals surface area contributed by atoms with E-state index < -0.39 is 0 Å². The van der Waals surface area contributed by atoms with Gasteiger partial charge in [-0.05, 0) is 35.6 Å². The van der Waals surface area contributed by atoms with Crippen LogP contribution in [0.1, 0.15) is 66.7 Å². The Morgan fingerprint density at radius 2 is 1.62 bits per heavy atom. The van der Waals surface area contributed by atoms with Crippen molar-refractivity contribution < 1.29 is 0 Å². The van der Waals surface area contributed by atoms with Crippen LogP contribution in [0.5, 0.6) is 0 Å². The minimum absolute atomic E-state index is 0.192. The molecule has 1 aliphatic carbocycles. The molecule has 1 rings (SSSR count). The summed E-state index contributed by atoms with van der Waals surface area (Å²) in [7, 11) is 0. The average molecular weight is 223 g/mol. The second kappa shape index (κ2) is 4.29. The van der Waals surface area contributed by atoms with Crippen molar-refractivity contribution >= 4 is 0 Å². The van der Waals surface area contributed by atoms with Gasteiger partial charge in [0.2, 0.25) is 0 Å². The number of rotatable bonds is 3. The summed E-state index contributed by atoms with van der Waals surface area (Å²) in [6, 6.07) is 0. The Kier molecular flexibility index (Phi) is 3.59. The fourth-order valence-corrected chi connectivity index (χ4v) is 3.97. The normalized spacial score (nSPS) is 31.8. The molecule has 3 nitrogen and oxygen atoms in total. The summed E-state index contributed by atoms with van der Waals surface area (Å²) in [4.78, 5) is 3.06. The summed E-state index contributed by atoms with van der Waals surface area (Å²) in [5, 5.41) is 4.08. The summed E-state index contributed by atoms with van der Waals surface area (Å²) < 4.78 is 0. The van der Waals surface area contributed by atoms with Gasteiger partial charge in [0.05, 0.1) is 0 Å². The summed E-state index contributed by atoms with van der Waals surface area (Å²) in [5.41, 5.74) is 9.19. The largest absolute Gasteiger partial charge is 0.0875 e. The Labute approximate surface area is 99.2 Å². The first-order valence-electron chi connectivity index (χ1n) is 6.37. The van der Waals surface area contributed by atoms with Crippen molar-refractivity contribution in [2.24, 2.45) is 15.9 Å². The van der Waals surface area contributed by atoms with Crippen LogP contribution in [0.15, 0.2) is 5.11 Å². The second-order valence-corrected chi connectivity index (χ2v) is 6.59. The van der Waals surface area contributed by atoms with Crippen LogP contribution in [-0.2, 0) is 0 Å². The smallest absolute Gasteiger partial charge is 0.0470 e. The molecule has 0 radical (unpaired) electrons. The van der Waals surface area contributed by atoms with Crippen LogP contribution in [0.2, 0.25) is 0 Å². The minimum atomic E-state index is -0.192. The van der Waals surface area contributed by atoms with E-state index in [2.05, 4.69) is 44.6 Å². The van der Waals surface area contributed by atoms with Crippen LogP contribution < -0.4 is 0 Å². The van der Waals surface area contributed by atoms with E-state index in [4.69, 9.17) is 5.53 Å². The molecule has 0 N–H and O–H groups in total. The van der Waals surface area contributed by atoms with Gasteiger partial charge >= 0.3 is 0 Å². The van der Waals surface area contributed by atoms with Crippen LogP contribution in [0, 0.1) is 10.8 Å². The molecule has 16 heavy (non-hydrogen) atoms. The molecule has 0 aromatic heterocycles. The molecule has 0 bridgehead atoms. The van der Waals surface area contributed by atoms with E-state index in [9.17, 15) is 0 Å². The average Bonchev–Trinajstić information content (AvgIpc) is 2.14. The van der Waals surface area contributed by atoms with Crippen LogP contribution in [0.4, 0.5) is 0 Å². The number of nitrogens with zero attached hydrogens (tertiary/aromatic N) is 3. The Morgan fingerprint density at radius 1 is 1.06 bits per heavy atom. The molecule has 3 heteroatoms.